The molecule has 2 aliphatic rings. The molecule has 7 heteroatoms. The van der Waals surface area contributed by atoms with E-state index in [-0.39, 0.29) is 37.6 Å². The van der Waals surface area contributed by atoms with Crippen molar-refractivity contribution in [3.8, 4) is 11.1 Å². The Morgan fingerprint density at radius 3 is 2.12 bits per heavy atom. The fourth-order valence-electron chi connectivity index (χ4n) is 4.45. The van der Waals surface area contributed by atoms with E-state index in [2.05, 4.69) is 29.6 Å². The van der Waals surface area contributed by atoms with Crippen LogP contribution in [0.5, 0.6) is 0 Å². The molecule has 0 heterocycles. The number of carboxylic acid groups (broad SMARTS) is 1. The molecule has 32 heavy (non-hydrogen) atoms. The number of nitrogens with zero attached hydrogens (tertiary/aromatic N) is 1. The number of rotatable bonds is 8. The minimum atomic E-state index is -1.05. The quantitative estimate of drug-likeness (QED) is 0.659. The number of aliphatic carboxylic acids is 1. The van der Waals surface area contributed by atoms with Crippen LogP contribution in [0.4, 0.5) is 4.79 Å². The van der Waals surface area contributed by atoms with Gasteiger partial charge in [-0.25, -0.2) is 4.79 Å². The number of ether oxygens (including phenoxy) is 1. The highest BCUT2D eigenvalue weighted by Gasteiger charge is 2.52. The van der Waals surface area contributed by atoms with Crippen molar-refractivity contribution in [3.05, 3.63) is 59.7 Å². The Labute approximate surface area is 187 Å². The van der Waals surface area contributed by atoms with Crippen LogP contribution in [0.2, 0.25) is 0 Å². The van der Waals surface area contributed by atoms with Crippen LogP contribution in [-0.4, -0.2) is 53.7 Å². The third-order valence-corrected chi connectivity index (χ3v) is 6.41. The maximum Gasteiger partial charge on any atom is 0.407 e. The van der Waals surface area contributed by atoms with E-state index in [1.807, 2.05) is 24.3 Å². The Morgan fingerprint density at radius 1 is 1.06 bits per heavy atom. The lowest BCUT2D eigenvalue weighted by atomic mass is 9.98. The van der Waals surface area contributed by atoms with Gasteiger partial charge in [-0.2, -0.15) is 0 Å². The third-order valence-electron chi connectivity index (χ3n) is 6.41. The van der Waals surface area contributed by atoms with Crippen molar-refractivity contribution in [3.63, 3.8) is 0 Å². The summed E-state index contributed by atoms with van der Waals surface area (Å²) in [6, 6.07) is 16.0. The van der Waals surface area contributed by atoms with Gasteiger partial charge in [-0.1, -0.05) is 48.5 Å². The van der Waals surface area contributed by atoms with E-state index in [9.17, 15) is 14.4 Å². The molecule has 2 N–H and O–H groups in total. The van der Waals surface area contributed by atoms with Crippen LogP contribution in [0.1, 0.15) is 43.7 Å². The molecule has 7 nitrogen and oxygen atoms in total. The Kier molecular flexibility index (Phi) is 5.91. The molecule has 0 aromatic heterocycles. The fourth-order valence-corrected chi connectivity index (χ4v) is 4.45. The molecule has 0 unspecified atom stereocenters. The SMILES string of the molecule is CC(C)N(CC(=O)O)C(=O)C1(CNC(=O)OCC2c3ccccc3-c3ccccc32)CC1. The number of hydrogen-bond acceptors (Lipinski definition) is 4. The van der Waals surface area contributed by atoms with Crippen LogP contribution < -0.4 is 5.32 Å². The number of fused-ring (bicyclic) bond motifs is 3. The van der Waals surface area contributed by atoms with Gasteiger partial charge in [-0.05, 0) is 48.9 Å². The normalized spacial score (nSPS) is 15.6. The van der Waals surface area contributed by atoms with Crippen molar-refractivity contribution in [1.82, 2.24) is 10.2 Å². The molecule has 4 rings (SSSR count). The Morgan fingerprint density at radius 2 is 1.62 bits per heavy atom. The number of hydrogen-bond donors (Lipinski definition) is 2. The molecule has 168 valence electrons. The van der Waals surface area contributed by atoms with Gasteiger partial charge in [-0.15, -0.1) is 0 Å². The van der Waals surface area contributed by atoms with Crippen molar-refractivity contribution in [1.29, 1.82) is 0 Å². The maximum atomic E-state index is 12.9. The van der Waals surface area contributed by atoms with Gasteiger partial charge in [0.2, 0.25) is 5.91 Å². The predicted molar refractivity (Wildman–Crippen MR) is 119 cm³/mol. The molecule has 1 fully saturated rings. The summed E-state index contributed by atoms with van der Waals surface area (Å²) in [5.41, 5.74) is 3.86. The number of nitrogens with one attached hydrogen (secondary N) is 1. The van der Waals surface area contributed by atoms with Crippen LogP contribution in [0, 0.1) is 5.41 Å². The smallest absolute Gasteiger partial charge is 0.407 e. The van der Waals surface area contributed by atoms with Crippen molar-refractivity contribution < 1.29 is 24.2 Å². The van der Waals surface area contributed by atoms with Crippen molar-refractivity contribution in [2.45, 2.75) is 38.6 Å². The first-order valence-electron chi connectivity index (χ1n) is 10.9. The van der Waals surface area contributed by atoms with Gasteiger partial charge in [0.1, 0.15) is 13.2 Å². The van der Waals surface area contributed by atoms with E-state index in [4.69, 9.17) is 9.84 Å². The molecule has 1 saturated carbocycles. The zero-order valence-corrected chi connectivity index (χ0v) is 18.3. The monoisotopic (exact) mass is 436 g/mol. The number of benzene rings is 2. The molecule has 0 saturated heterocycles. The van der Waals surface area contributed by atoms with Crippen LogP contribution in [0.25, 0.3) is 11.1 Å². The van der Waals surface area contributed by atoms with Gasteiger partial charge in [0, 0.05) is 18.5 Å². The summed E-state index contributed by atoms with van der Waals surface area (Å²) in [5, 5.41) is 11.8. The number of carbonyl (C=O) groups is 3. The molecule has 0 radical (unpaired) electrons. The van der Waals surface area contributed by atoms with Gasteiger partial charge in [0.05, 0.1) is 5.41 Å². The van der Waals surface area contributed by atoms with Crippen LogP contribution in [0.15, 0.2) is 48.5 Å². The zero-order valence-electron chi connectivity index (χ0n) is 18.3. The highest BCUT2D eigenvalue weighted by atomic mass is 16.5. The van der Waals surface area contributed by atoms with E-state index in [1.165, 1.54) is 4.90 Å². The van der Waals surface area contributed by atoms with Gasteiger partial charge in [0.15, 0.2) is 0 Å². The highest BCUT2D eigenvalue weighted by molar-refractivity contribution is 5.89. The number of amides is 2. The van der Waals surface area contributed by atoms with E-state index >= 15 is 0 Å². The fraction of sp³-hybridized carbons (Fsp3) is 0.400. The van der Waals surface area contributed by atoms with Crippen molar-refractivity contribution >= 4 is 18.0 Å². The topological polar surface area (TPSA) is 95.9 Å². The standard InChI is InChI=1S/C25H28N2O5/c1-16(2)27(13-22(28)29)23(30)25(11-12-25)15-26-24(31)32-14-21-19-9-5-3-7-17(19)18-8-4-6-10-20(18)21/h3-10,16,21H,11-15H2,1-2H3,(H,26,31)(H,28,29). The molecule has 0 aliphatic heterocycles. The lowest BCUT2D eigenvalue weighted by Gasteiger charge is -2.29. The number of carbonyl (C=O) groups excluding carboxylic acids is 2. The Hall–Kier alpha value is -3.35. The minimum absolute atomic E-state index is 0.0309. The summed E-state index contributed by atoms with van der Waals surface area (Å²) < 4.78 is 5.55. The van der Waals surface area contributed by atoms with E-state index < -0.39 is 17.5 Å². The van der Waals surface area contributed by atoms with Crippen LogP contribution in [-0.2, 0) is 14.3 Å². The number of carboxylic acids is 1. The lowest BCUT2D eigenvalue weighted by Crippen LogP contribution is -2.48. The molecular formula is C25H28N2O5. The second kappa shape index (κ2) is 8.65. The van der Waals surface area contributed by atoms with E-state index in [1.54, 1.807) is 13.8 Å². The molecule has 2 aliphatic carbocycles. The predicted octanol–water partition coefficient (Wildman–Crippen LogP) is 3.63. The van der Waals surface area contributed by atoms with Crippen LogP contribution >= 0.6 is 0 Å². The molecular weight excluding hydrogens is 408 g/mol. The maximum absolute atomic E-state index is 12.9. The lowest BCUT2D eigenvalue weighted by molar-refractivity contribution is -0.148. The molecule has 0 spiro atoms. The Balaban J connectivity index is 1.36. The Bertz CT molecular complexity index is 999. The zero-order chi connectivity index (χ0) is 22.9. The summed E-state index contributed by atoms with van der Waals surface area (Å²) >= 11 is 0. The highest BCUT2D eigenvalue weighted by Crippen LogP contribution is 2.47. The first kappa shape index (κ1) is 21.9. The van der Waals surface area contributed by atoms with Crippen molar-refractivity contribution in [2.75, 3.05) is 19.7 Å². The first-order chi connectivity index (χ1) is 15.3. The molecule has 2 amide bonds. The van der Waals surface area contributed by atoms with Crippen LogP contribution in [0.3, 0.4) is 0 Å². The van der Waals surface area contributed by atoms with Gasteiger partial charge >= 0.3 is 12.1 Å². The van der Waals surface area contributed by atoms with Crippen molar-refractivity contribution in [2.24, 2.45) is 5.41 Å². The molecule has 2 aromatic rings. The minimum Gasteiger partial charge on any atom is -0.480 e. The summed E-state index contributed by atoms with van der Waals surface area (Å²) in [5.74, 6) is -1.31. The first-order valence-corrected chi connectivity index (χ1v) is 10.9. The van der Waals surface area contributed by atoms with Gasteiger partial charge < -0.3 is 20.1 Å². The average Bonchev–Trinajstić information content (AvgIpc) is 3.51. The molecule has 2 aromatic carbocycles. The van der Waals surface area contributed by atoms with E-state index in [0.29, 0.717) is 12.8 Å². The second-order valence-electron chi connectivity index (χ2n) is 8.88. The number of alkyl carbamates (subject to hydrolysis) is 1. The second-order valence-corrected chi connectivity index (χ2v) is 8.88. The summed E-state index contributed by atoms with van der Waals surface area (Å²) in [7, 11) is 0. The summed E-state index contributed by atoms with van der Waals surface area (Å²) in [6.07, 6.45) is 0.677. The summed E-state index contributed by atoms with van der Waals surface area (Å²) in [4.78, 5) is 37.9. The third kappa shape index (κ3) is 4.20. The average molecular weight is 437 g/mol. The molecule has 0 atom stereocenters. The summed E-state index contributed by atoms with van der Waals surface area (Å²) in [6.45, 7) is 3.58. The van der Waals surface area contributed by atoms with Gasteiger partial charge in [-0.3, -0.25) is 9.59 Å². The molecule has 0 bridgehead atoms. The van der Waals surface area contributed by atoms with Gasteiger partial charge in [0.25, 0.3) is 0 Å². The largest absolute Gasteiger partial charge is 0.480 e. The van der Waals surface area contributed by atoms with E-state index in [0.717, 1.165) is 22.3 Å².